The number of alkyl halides is 2. The molecule has 26 heavy (non-hydrogen) atoms. The highest BCUT2D eigenvalue weighted by Gasteiger charge is 2.47. The lowest BCUT2D eigenvalue weighted by Crippen LogP contribution is -2.43. The standard InChI is InChI=1S/C17H19ClF2N4O2/c1-10(2)3-11-4-13(14(18)7-22-11)16(26)23-8-15(25)24-9-17(19,20)5-12(24)6-21/h4,7,10,12H,3,5,8-9H2,1-2H3,(H,23,26)/t12-/m0/s1. The third-order valence-corrected chi connectivity index (χ3v) is 4.21. The molecular formula is C17H19ClF2N4O2. The van der Waals surface area contributed by atoms with Crippen LogP contribution in [0.1, 0.15) is 36.3 Å². The monoisotopic (exact) mass is 384 g/mol. The topological polar surface area (TPSA) is 86.1 Å². The maximum absolute atomic E-state index is 13.4. The van der Waals surface area contributed by atoms with Gasteiger partial charge in [0.25, 0.3) is 11.8 Å². The van der Waals surface area contributed by atoms with E-state index in [1.165, 1.54) is 6.20 Å². The highest BCUT2D eigenvalue weighted by Crippen LogP contribution is 2.31. The number of hydrogen-bond acceptors (Lipinski definition) is 4. The Morgan fingerprint density at radius 1 is 1.54 bits per heavy atom. The molecule has 2 amide bonds. The molecule has 1 aromatic heterocycles. The summed E-state index contributed by atoms with van der Waals surface area (Å²) in [6.45, 7) is 2.69. The minimum atomic E-state index is -3.10. The summed E-state index contributed by atoms with van der Waals surface area (Å²) in [5, 5.41) is 11.4. The summed E-state index contributed by atoms with van der Waals surface area (Å²) in [5.74, 6) is -4.11. The van der Waals surface area contributed by atoms with Crippen molar-refractivity contribution < 1.29 is 18.4 Å². The zero-order valence-electron chi connectivity index (χ0n) is 14.4. The summed E-state index contributed by atoms with van der Waals surface area (Å²) < 4.78 is 26.8. The summed E-state index contributed by atoms with van der Waals surface area (Å²) in [6.07, 6.45) is 1.32. The Morgan fingerprint density at radius 2 is 2.23 bits per heavy atom. The first kappa shape index (κ1) is 20.0. The fourth-order valence-electron chi connectivity index (χ4n) is 2.73. The van der Waals surface area contributed by atoms with Crippen LogP contribution < -0.4 is 5.32 Å². The molecule has 1 aliphatic rings. The molecule has 1 saturated heterocycles. The number of halogens is 3. The largest absolute Gasteiger partial charge is 0.343 e. The van der Waals surface area contributed by atoms with Gasteiger partial charge in [0.1, 0.15) is 6.04 Å². The minimum absolute atomic E-state index is 0.130. The molecule has 0 radical (unpaired) electrons. The first-order chi connectivity index (χ1) is 12.1. The third kappa shape index (κ3) is 4.88. The fourth-order valence-corrected chi connectivity index (χ4v) is 2.92. The van der Waals surface area contributed by atoms with Crippen LogP contribution in [-0.2, 0) is 11.2 Å². The van der Waals surface area contributed by atoms with E-state index in [1.54, 1.807) is 12.1 Å². The van der Waals surface area contributed by atoms with Gasteiger partial charge in [0, 0.05) is 18.3 Å². The molecule has 2 heterocycles. The van der Waals surface area contributed by atoms with Gasteiger partial charge in [-0.05, 0) is 18.4 Å². The number of carbonyl (C=O) groups excluding carboxylic acids is 2. The van der Waals surface area contributed by atoms with Crippen LogP contribution in [0.15, 0.2) is 12.3 Å². The number of likely N-dealkylation sites (tertiary alicyclic amines) is 1. The molecule has 1 aromatic rings. The lowest BCUT2D eigenvalue weighted by molar-refractivity contribution is -0.131. The van der Waals surface area contributed by atoms with E-state index in [-0.39, 0.29) is 10.6 Å². The van der Waals surface area contributed by atoms with Gasteiger partial charge >= 0.3 is 0 Å². The quantitative estimate of drug-likeness (QED) is 0.844. The van der Waals surface area contributed by atoms with Crippen molar-refractivity contribution in [2.45, 2.75) is 38.7 Å². The average Bonchev–Trinajstić information content (AvgIpc) is 2.88. The molecule has 0 spiro atoms. The molecule has 140 valence electrons. The summed E-state index contributed by atoms with van der Waals surface area (Å²) in [7, 11) is 0. The van der Waals surface area contributed by atoms with Crippen molar-refractivity contribution in [3.05, 3.63) is 28.5 Å². The maximum Gasteiger partial charge on any atom is 0.268 e. The summed E-state index contributed by atoms with van der Waals surface area (Å²) in [6, 6.07) is 2.04. The van der Waals surface area contributed by atoms with Crippen molar-refractivity contribution in [3.8, 4) is 6.07 Å². The zero-order chi connectivity index (χ0) is 19.5. The van der Waals surface area contributed by atoms with Crippen LogP contribution in [0, 0.1) is 17.2 Å². The van der Waals surface area contributed by atoms with E-state index in [1.807, 2.05) is 13.8 Å². The molecule has 0 aliphatic carbocycles. The Morgan fingerprint density at radius 3 is 2.85 bits per heavy atom. The number of pyridine rings is 1. The smallest absolute Gasteiger partial charge is 0.268 e. The van der Waals surface area contributed by atoms with Gasteiger partial charge in [-0.2, -0.15) is 5.26 Å². The Labute approximate surface area is 155 Å². The molecule has 0 bridgehead atoms. The van der Waals surface area contributed by atoms with Crippen molar-refractivity contribution in [2.75, 3.05) is 13.1 Å². The normalized spacial score (nSPS) is 18.7. The van der Waals surface area contributed by atoms with E-state index in [0.29, 0.717) is 18.0 Å². The zero-order valence-corrected chi connectivity index (χ0v) is 15.2. The van der Waals surface area contributed by atoms with Crippen molar-refractivity contribution in [3.63, 3.8) is 0 Å². The predicted octanol–water partition coefficient (Wildman–Crippen LogP) is 2.42. The van der Waals surface area contributed by atoms with Crippen LogP contribution in [0.4, 0.5) is 8.78 Å². The summed E-state index contributed by atoms with van der Waals surface area (Å²) >= 11 is 5.99. The minimum Gasteiger partial charge on any atom is -0.343 e. The Hall–Kier alpha value is -2.27. The van der Waals surface area contributed by atoms with E-state index in [0.717, 1.165) is 4.90 Å². The summed E-state index contributed by atoms with van der Waals surface area (Å²) in [5.41, 5.74) is 0.846. The molecule has 1 aliphatic heterocycles. The second-order valence-electron chi connectivity index (χ2n) is 6.66. The number of carbonyl (C=O) groups is 2. The van der Waals surface area contributed by atoms with Gasteiger partial charge in [0.2, 0.25) is 5.91 Å². The van der Waals surface area contributed by atoms with Gasteiger partial charge in [-0.1, -0.05) is 25.4 Å². The Bertz CT molecular complexity index is 749. The molecule has 9 heteroatoms. The van der Waals surface area contributed by atoms with Gasteiger partial charge in [-0.25, -0.2) is 8.78 Å². The van der Waals surface area contributed by atoms with Crippen molar-refractivity contribution in [1.29, 1.82) is 5.26 Å². The average molecular weight is 385 g/mol. The van der Waals surface area contributed by atoms with Gasteiger partial charge in [-0.3, -0.25) is 14.6 Å². The van der Waals surface area contributed by atoms with E-state index in [2.05, 4.69) is 10.3 Å². The molecule has 1 N–H and O–H groups in total. The van der Waals surface area contributed by atoms with Crippen LogP contribution in [0.25, 0.3) is 0 Å². The Kier molecular flexibility index (Phi) is 6.13. The fraction of sp³-hybridized carbons (Fsp3) is 0.529. The SMILES string of the molecule is CC(C)Cc1cc(C(=O)NCC(=O)N2CC(F)(F)C[C@H]2C#N)c(Cl)cn1. The van der Waals surface area contributed by atoms with Crippen molar-refractivity contribution in [2.24, 2.45) is 5.92 Å². The number of aromatic nitrogens is 1. The van der Waals surface area contributed by atoms with E-state index in [9.17, 15) is 18.4 Å². The van der Waals surface area contributed by atoms with Gasteiger partial charge < -0.3 is 10.2 Å². The van der Waals surface area contributed by atoms with Crippen LogP contribution in [0.5, 0.6) is 0 Å². The van der Waals surface area contributed by atoms with Crippen LogP contribution in [-0.4, -0.2) is 46.8 Å². The van der Waals surface area contributed by atoms with Gasteiger partial charge in [0.05, 0.1) is 29.7 Å². The van der Waals surface area contributed by atoms with E-state index < -0.39 is 43.3 Å². The molecule has 2 rings (SSSR count). The molecule has 0 aromatic carbocycles. The highest BCUT2D eigenvalue weighted by atomic mass is 35.5. The molecule has 6 nitrogen and oxygen atoms in total. The number of nitrogens with zero attached hydrogens (tertiary/aromatic N) is 3. The maximum atomic E-state index is 13.4. The van der Waals surface area contributed by atoms with Crippen LogP contribution >= 0.6 is 11.6 Å². The number of nitrogens with one attached hydrogen (secondary N) is 1. The lowest BCUT2D eigenvalue weighted by atomic mass is 10.1. The van der Waals surface area contributed by atoms with Gasteiger partial charge in [0.15, 0.2) is 0 Å². The molecule has 1 fully saturated rings. The van der Waals surface area contributed by atoms with Gasteiger partial charge in [-0.15, -0.1) is 0 Å². The lowest BCUT2D eigenvalue weighted by Gasteiger charge is -2.19. The number of hydrogen-bond donors (Lipinski definition) is 1. The number of nitriles is 1. The van der Waals surface area contributed by atoms with E-state index in [4.69, 9.17) is 16.9 Å². The predicted molar refractivity (Wildman–Crippen MR) is 90.8 cm³/mol. The second-order valence-corrected chi connectivity index (χ2v) is 7.07. The van der Waals surface area contributed by atoms with E-state index >= 15 is 0 Å². The van der Waals surface area contributed by atoms with Crippen molar-refractivity contribution >= 4 is 23.4 Å². The first-order valence-corrected chi connectivity index (χ1v) is 8.50. The third-order valence-electron chi connectivity index (χ3n) is 3.91. The number of amides is 2. The Balaban J connectivity index is 2.02. The molecule has 1 atom stereocenters. The molecule has 0 unspecified atom stereocenters. The molecule has 0 saturated carbocycles. The number of rotatable bonds is 5. The highest BCUT2D eigenvalue weighted by molar-refractivity contribution is 6.33. The second kappa shape index (κ2) is 7.96. The van der Waals surface area contributed by atoms with Crippen LogP contribution in [0.3, 0.4) is 0 Å². The summed E-state index contributed by atoms with van der Waals surface area (Å²) in [4.78, 5) is 29.4. The van der Waals surface area contributed by atoms with Crippen LogP contribution in [0.2, 0.25) is 5.02 Å². The molecular weight excluding hydrogens is 366 g/mol. The first-order valence-electron chi connectivity index (χ1n) is 8.12. The van der Waals surface area contributed by atoms with Crippen molar-refractivity contribution in [1.82, 2.24) is 15.2 Å².